The van der Waals surface area contributed by atoms with Crippen molar-refractivity contribution in [3.05, 3.63) is 54.2 Å². The highest BCUT2D eigenvalue weighted by Gasteiger charge is 2.35. The van der Waals surface area contributed by atoms with Crippen LogP contribution < -0.4 is 9.64 Å². The van der Waals surface area contributed by atoms with Crippen molar-refractivity contribution in [3.63, 3.8) is 0 Å². The van der Waals surface area contributed by atoms with Crippen molar-refractivity contribution in [2.24, 2.45) is 0 Å². The molecule has 0 radical (unpaired) electrons. The van der Waals surface area contributed by atoms with E-state index in [0.717, 1.165) is 10.5 Å². The minimum absolute atomic E-state index is 0.112. The first-order chi connectivity index (χ1) is 13.6. The quantitative estimate of drug-likeness (QED) is 0.601. The standard InChI is InChI=1S/C20H18FN3O3S/c1-26-17-8-5-14(10-16(17)21)24-11-13(9-18(24)25)20-22-19(23-27-20)12-3-6-15(28-2)7-4-12/h3-8,10,13H,9,11H2,1-2H3. The summed E-state index contributed by atoms with van der Waals surface area (Å²) in [6.07, 6.45) is 2.25. The first kappa shape index (κ1) is 18.5. The molecule has 3 aromatic rings. The third kappa shape index (κ3) is 3.47. The van der Waals surface area contributed by atoms with Crippen molar-refractivity contribution in [2.75, 3.05) is 24.8 Å². The van der Waals surface area contributed by atoms with Gasteiger partial charge in [-0.15, -0.1) is 11.8 Å². The van der Waals surface area contributed by atoms with Crippen molar-refractivity contribution >= 4 is 23.4 Å². The van der Waals surface area contributed by atoms with Crippen LogP contribution in [0, 0.1) is 5.82 Å². The minimum Gasteiger partial charge on any atom is -0.494 e. The van der Waals surface area contributed by atoms with Crippen molar-refractivity contribution in [1.82, 2.24) is 10.1 Å². The Morgan fingerprint density at radius 2 is 2.04 bits per heavy atom. The first-order valence-electron chi connectivity index (χ1n) is 8.71. The van der Waals surface area contributed by atoms with Crippen LogP contribution in [0.1, 0.15) is 18.2 Å². The Morgan fingerprint density at radius 1 is 1.25 bits per heavy atom. The van der Waals surface area contributed by atoms with Gasteiger partial charge >= 0.3 is 0 Å². The zero-order chi connectivity index (χ0) is 19.7. The Kier molecular flexibility index (Phi) is 5.04. The lowest BCUT2D eigenvalue weighted by Crippen LogP contribution is -2.24. The summed E-state index contributed by atoms with van der Waals surface area (Å²) in [6.45, 7) is 0.359. The fourth-order valence-corrected chi connectivity index (χ4v) is 3.61. The van der Waals surface area contributed by atoms with Crippen LogP contribution in [0.25, 0.3) is 11.4 Å². The van der Waals surface area contributed by atoms with Crippen LogP contribution in [0.2, 0.25) is 0 Å². The average molecular weight is 399 g/mol. The molecule has 1 unspecified atom stereocenters. The van der Waals surface area contributed by atoms with Crippen molar-refractivity contribution in [1.29, 1.82) is 0 Å². The van der Waals surface area contributed by atoms with E-state index < -0.39 is 5.82 Å². The Hall–Kier alpha value is -2.87. The number of methoxy groups -OCH3 is 1. The van der Waals surface area contributed by atoms with E-state index in [0.29, 0.717) is 23.9 Å². The fraction of sp³-hybridized carbons (Fsp3) is 0.250. The Balaban J connectivity index is 1.52. The lowest BCUT2D eigenvalue weighted by molar-refractivity contribution is -0.117. The number of halogens is 1. The fourth-order valence-electron chi connectivity index (χ4n) is 3.20. The lowest BCUT2D eigenvalue weighted by Gasteiger charge is -2.16. The summed E-state index contributed by atoms with van der Waals surface area (Å²) in [6, 6.07) is 12.3. The van der Waals surface area contributed by atoms with E-state index in [9.17, 15) is 9.18 Å². The number of amides is 1. The smallest absolute Gasteiger partial charge is 0.232 e. The molecule has 144 valence electrons. The number of carbonyl (C=O) groups excluding carboxylic acids is 1. The SMILES string of the molecule is COc1ccc(N2CC(c3nc(-c4ccc(SC)cc4)no3)CC2=O)cc1F. The second kappa shape index (κ2) is 7.63. The summed E-state index contributed by atoms with van der Waals surface area (Å²) in [4.78, 5) is 19.6. The molecule has 0 spiro atoms. The normalized spacial score (nSPS) is 16.6. The van der Waals surface area contributed by atoms with Gasteiger partial charge in [0, 0.05) is 35.2 Å². The van der Waals surface area contributed by atoms with E-state index in [-0.39, 0.29) is 24.0 Å². The van der Waals surface area contributed by atoms with Crippen LogP contribution in [0.3, 0.4) is 0 Å². The van der Waals surface area contributed by atoms with Gasteiger partial charge in [-0.25, -0.2) is 4.39 Å². The molecule has 0 saturated carbocycles. The summed E-state index contributed by atoms with van der Waals surface area (Å²) >= 11 is 1.66. The maximum atomic E-state index is 14.0. The predicted molar refractivity (Wildman–Crippen MR) is 104 cm³/mol. The Bertz CT molecular complexity index is 1010. The maximum Gasteiger partial charge on any atom is 0.232 e. The molecule has 1 fully saturated rings. The van der Waals surface area contributed by atoms with Gasteiger partial charge in [0.25, 0.3) is 0 Å². The summed E-state index contributed by atoms with van der Waals surface area (Å²) in [7, 11) is 1.40. The van der Waals surface area contributed by atoms with Gasteiger partial charge in [0.2, 0.25) is 17.6 Å². The third-order valence-electron chi connectivity index (χ3n) is 4.71. The van der Waals surface area contributed by atoms with Crippen molar-refractivity contribution in [3.8, 4) is 17.1 Å². The highest BCUT2D eigenvalue weighted by atomic mass is 32.2. The van der Waals surface area contributed by atoms with Gasteiger partial charge in [0.1, 0.15) is 0 Å². The van der Waals surface area contributed by atoms with Crippen LogP contribution in [0.5, 0.6) is 5.75 Å². The van der Waals surface area contributed by atoms with Gasteiger partial charge in [0.15, 0.2) is 11.6 Å². The van der Waals surface area contributed by atoms with Gasteiger partial charge in [0.05, 0.1) is 13.0 Å². The van der Waals surface area contributed by atoms with Gasteiger partial charge in [-0.1, -0.05) is 5.16 Å². The molecular formula is C20H18FN3O3S. The summed E-state index contributed by atoms with van der Waals surface area (Å²) in [5.41, 5.74) is 1.34. The topological polar surface area (TPSA) is 68.5 Å². The molecule has 28 heavy (non-hydrogen) atoms. The van der Waals surface area contributed by atoms with Crippen LogP contribution >= 0.6 is 11.8 Å². The number of benzene rings is 2. The number of hydrogen-bond acceptors (Lipinski definition) is 6. The third-order valence-corrected chi connectivity index (χ3v) is 5.45. The zero-order valence-corrected chi connectivity index (χ0v) is 16.2. The number of anilines is 1. The molecule has 1 saturated heterocycles. The average Bonchev–Trinajstić information content (AvgIpc) is 3.35. The molecule has 1 amide bonds. The molecule has 8 heteroatoms. The predicted octanol–water partition coefficient (Wildman–Crippen LogP) is 4.13. The highest BCUT2D eigenvalue weighted by molar-refractivity contribution is 7.98. The van der Waals surface area contributed by atoms with E-state index in [4.69, 9.17) is 9.26 Å². The molecule has 1 aromatic heterocycles. The number of carbonyl (C=O) groups is 1. The first-order valence-corrected chi connectivity index (χ1v) is 9.93. The molecule has 2 aromatic carbocycles. The van der Waals surface area contributed by atoms with E-state index >= 15 is 0 Å². The number of nitrogens with zero attached hydrogens (tertiary/aromatic N) is 3. The van der Waals surface area contributed by atoms with Crippen LogP contribution in [0.4, 0.5) is 10.1 Å². The second-order valence-corrected chi connectivity index (χ2v) is 7.29. The molecule has 1 atom stereocenters. The van der Waals surface area contributed by atoms with Crippen LogP contribution in [-0.4, -0.2) is 36.0 Å². The van der Waals surface area contributed by atoms with Crippen molar-refractivity contribution in [2.45, 2.75) is 17.2 Å². The number of ether oxygens (including phenoxy) is 1. The second-order valence-electron chi connectivity index (χ2n) is 6.41. The highest BCUT2D eigenvalue weighted by Crippen LogP contribution is 2.33. The number of thioether (sulfide) groups is 1. The minimum atomic E-state index is -0.509. The number of rotatable bonds is 5. The molecule has 0 N–H and O–H groups in total. The molecule has 6 nitrogen and oxygen atoms in total. The largest absolute Gasteiger partial charge is 0.494 e. The number of hydrogen-bond donors (Lipinski definition) is 0. The molecular weight excluding hydrogens is 381 g/mol. The maximum absolute atomic E-state index is 14.0. The van der Waals surface area contributed by atoms with E-state index in [2.05, 4.69) is 10.1 Å². The molecule has 1 aliphatic heterocycles. The molecule has 2 heterocycles. The summed E-state index contributed by atoms with van der Waals surface area (Å²) in [5.74, 6) is 0.187. The van der Waals surface area contributed by atoms with Gasteiger partial charge < -0.3 is 14.2 Å². The van der Waals surface area contributed by atoms with Gasteiger partial charge in [-0.3, -0.25) is 4.79 Å². The molecule has 1 aliphatic rings. The van der Waals surface area contributed by atoms with Crippen molar-refractivity contribution < 1.29 is 18.4 Å². The Morgan fingerprint density at radius 3 is 2.71 bits per heavy atom. The number of aromatic nitrogens is 2. The van der Waals surface area contributed by atoms with Gasteiger partial charge in [-0.05, 0) is 42.7 Å². The molecule has 4 rings (SSSR count). The van der Waals surface area contributed by atoms with E-state index in [1.165, 1.54) is 24.1 Å². The van der Waals surface area contributed by atoms with Crippen LogP contribution in [0.15, 0.2) is 51.9 Å². The van der Waals surface area contributed by atoms with E-state index in [1.54, 1.807) is 17.8 Å². The summed E-state index contributed by atoms with van der Waals surface area (Å²) in [5, 5.41) is 4.05. The Labute approximate surface area is 165 Å². The van der Waals surface area contributed by atoms with Crippen LogP contribution in [-0.2, 0) is 4.79 Å². The monoisotopic (exact) mass is 399 g/mol. The summed E-state index contributed by atoms with van der Waals surface area (Å²) < 4.78 is 24.3. The lowest BCUT2D eigenvalue weighted by atomic mass is 10.1. The molecule has 0 aliphatic carbocycles. The van der Waals surface area contributed by atoms with E-state index in [1.807, 2.05) is 30.5 Å². The molecule has 0 bridgehead atoms. The van der Waals surface area contributed by atoms with Gasteiger partial charge in [-0.2, -0.15) is 4.98 Å². The zero-order valence-electron chi connectivity index (χ0n) is 15.4.